The van der Waals surface area contributed by atoms with Gasteiger partial charge in [-0.15, -0.1) is 0 Å². The second-order valence-electron chi connectivity index (χ2n) is 30.3. The molecule has 0 unspecified atom stereocenters. The van der Waals surface area contributed by atoms with E-state index < -0.39 is 60.6 Å². The number of rotatable bonds is 85. The van der Waals surface area contributed by atoms with Crippen LogP contribution in [-0.2, 0) is 90.6 Å². The normalized spacial score (nSPS) is 12.1. The second kappa shape index (κ2) is 74.1. The maximum absolute atomic E-state index is 13.5. The predicted octanol–water partition coefficient (Wildman–Crippen LogP) is 8.00. The standard InChI is InChI=1S/C88H141N7O29/c1-66(2)93-74(27-16-18-45-92-88(114)124-53-23-50-115-48-22-26-71(98)63-119-59-57-117-54-46-90-79(101)43-41-76(87(112)113)95-81(103)29-14-10-6-4-8-12-20-52-123-73-38-32-69(33-39-73)85(108)109)77(99)42-34-67(78(100)62-96)24-15-17-44-89-82(104)64-121-61-58-118-55-47-91-83(105)65-120-60-56-116-49-21-25-70(97)35-40-75(86(110)111)94-80(102)28-13-9-5-3-7-11-19-51-122-72-36-30-68(31-37-72)84(106)107/h30-33,36-39,66-67,74-76,93,96H,3-29,34-35,40-65H2,1-2H3,(H,89,104)(H,90,101)(H,91,105)(H,92,114)(H,94,102)(H,95,103)(H,106,107)(H,108,109)(H,110,111)(H,112,113)/t67-,74+,75+,76+/m1/s1. The molecule has 0 spiro atoms. The minimum atomic E-state index is -1.22. The molecule has 0 aliphatic rings. The number of nitrogens with one attached hydrogen (secondary N) is 7. The number of unbranched alkanes of at least 4 members (excludes halogenated alkanes) is 14. The second-order valence-corrected chi connectivity index (χ2v) is 30.3. The van der Waals surface area contributed by atoms with Gasteiger partial charge in [0.25, 0.3) is 0 Å². The molecule has 4 atom stereocenters. The fourth-order valence-corrected chi connectivity index (χ4v) is 12.5. The first kappa shape index (κ1) is 111. The topological polar surface area (TPSA) is 517 Å². The summed E-state index contributed by atoms with van der Waals surface area (Å²) in [7, 11) is 0. The van der Waals surface area contributed by atoms with Crippen molar-refractivity contribution < 1.29 is 140 Å². The largest absolute Gasteiger partial charge is 0.494 e. The lowest BCUT2D eigenvalue weighted by Crippen LogP contribution is -2.41. The first-order valence-corrected chi connectivity index (χ1v) is 44.0. The zero-order chi connectivity index (χ0) is 90.8. The van der Waals surface area contributed by atoms with Crippen molar-refractivity contribution in [1.82, 2.24) is 37.2 Å². The fraction of sp³-hybridized carbons (Fsp3) is 0.705. The quantitative estimate of drug-likeness (QED) is 0.0279. The number of hydrogen-bond acceptors (Lipinski definition) is 26. The summed E-state index contributed by atoms with van der Waals surface area (Å²) in [5, 5.41) is 66.1. The van der Waals surface area contributed by atoms with E-state index in [4.69, 9.17) is 57.6 Å². The molecule has 0 saturated heterocycles. The van der Waals surface area contributed by atoms with E-state index in [1.165, 1.54) is 24.3 Å². The lowest BCUT2D eigenvalue weighted by Gasteiger charge is -2.21. The Hall–Kier alpha value is -9.14. The van der Waals surface area contributed by atoms with Gasteiger partial charge in [0.15, 0.2) is 11.6 Å². The lowest BCUT2D eigenvalue weighted by molar-refractivity contribution is -0.142. The number of amides is 6. The number of carboxylic acids is 4. The molecule has 0 aliphatic carbocycles. The monoisotopic (exact) mass is 1760 g/mol. The van der Waals surface area contributed by atoms with E-state index in [0.29, 0.717) is 122 Å². The zero-order valence-electron chi connectivity index (χ0n) is 72.9. The highest BCUT2D eigenvalue weighted by molar-refractivity contribution is 5.89. The van der Waals surface area contributed by atoms with E-state index in [2.05, 4.69) is 37.2 Å². The third kappa shape index (κ3) is 62.9. The summed E-state index contributed by atoms with van der Waals surface area (Å²) in [5.74, 6) is -6.19. The number of carboxylic acid groups (broad SMARTS) is 4. The van der Waals surface area contributed by atoms with Crippen molar-refractivity contribution in [2.75, 3.05) is 145 Å². The summed E-state index contributed by atoms with van der Waals surface area (Å²) in [6.07, 6.45) is 17.4. The van der Waals surface area contributed by atoms with Crippen LogP contribution in [0.15, 0.2) is 48.5 Å². The number of aromatic carboxylic acids is 2. The molecule has 2 aromatic carbocycles. The van der Waals surface area contributed by atoms with Crippen molar-refractivity contribution in [1.29, 1.82) is 0 Å². The summed E-state index contributed by atoms with van der Waals surface area (Å²) in [6.45, 7) is 7.19. The number of ether oxygens (including phenoxy) is 10. The Labute approximate surface area is 728 Å². The van der Waals surface area contributed by atoms with Crippen molar-refractivity contribution in [3.8, 4) is 11.5 Å². The van der Waals surface area contributed by atoms with Gasteiger partial charge in [0.05, 0.1) is 89.8 Å². The Balaban J connectivity index is 1.39. The van der Waals surface area contributed by atoms with Crippen molar-refractivity contribution in [3.63, 3.8) is 0 Å². The van der Waals surface area contributed by atoms with Gasteiger partial charge < -0.3 is 110 Å². The Morgan fingerprint density at radius 3 is 1.23 bits per heavy atom. The maximum atomic E-state index is 13.5. The number of aliphatic carboxylic acids is 2. The van der Waals surface area contributed by atoms with Crippen molar-refractivity contribution in [3.05, 3.63) is 59.7 Å². The van der Waals surface area contributed by atoms with Gasteiger partial charge in [-0.05, 0) is 138 Å². The third-order valence-corrected chi connectivity index (χ3v) is 19.4. The van der Waals surface area contributed by atoms with Crippen molar-refractivity contribution >= 4 is 82.6 Å². The predicted molar refractivity (Wildman–Crippen MR) is 456 cm³/mol. The van der Waals surface area contributed by atoms with E-state index in [9.17, 15) is 82.4 Å². The molecule has 2 aromatic rings. The van der Waals surface area contributed by atoms with Crippen LogP contribution in [0.5, 0.6) is 11.5 Å². The van der Waals surface area contributed by atoms with Gasteiger partial charge in [-0.25, -0.2) is 24.0 Å². The van der Waals surface area contributed by atoms with Crippen LogP contribution in [0.1, 0.15) is 246 Å². The number of hydrogen-bond donors (Lipinski definition) is 12. The van der Waals surface area contributed by atoms with Gasteiger partial charge in [-0.3, -0.25) is 43.2 Å². The summed E-state index contributed by atoms with van der Waals surface area (Å²) < 4.78 is 54.7. The number of carbonyl (C=O) groups excluding carboxylic acids is 10. The lowest BCUT2D eigenvalue weighted by atomic mass is 9.90. The van der Waals surface area contributed by atoms with Gasteiger partial charge in [0, 0.05) is 109 Å². The number of aliphatic hydroxyl groups is 1. The molecule has 2 rings (SSSR count). The molecule has 0 saturated carbocycles. The van der Waals surface area contributed by atoms with E-state index in [1.54, 1.807) is 24.3 Å². The van der Waals surface area contributed by atoms with Crippen LogP contribution in [-0.4, -0.2) is 277 Å². The molecule has 702 valence electrons. The first-order valence-electron chi connectivity index (χ1n) is 44.0. The molecule has 0 radical (unpaired) electrons. The molecule has 124 heavy (non-hydrogen) atoms. The Morgan fingerprint density at radius 1 is 0.315 bits per heavy atom. The Kier molecular flexibility index (Phi) is 66.3. The molecule has 0 bridgehead atoms. The highest BCUT2D eigenvalue weighted by atomic mass is 16.6. The number of carbonyl (C=O) groups is 14. The third-order valence-electron chi connectivity index (χ3n) is 19.4. The summed E-state index contributed by atoms with van der Waals surface area (Å²) in [5.41, 5.74) is 0.406. The molecule has 0 aliphatic heterocycles. The van der Waals surface area contributed by atoms with Crippen LogP contribution in [0, 0.1) is 5.92 Å². The Morgan fingerprint density at radius 2 is 0.734 bits per heavy atom. The zero-order valence-corrected chi connectivity index (χ0v) is 72.9. The van der Waals surface area contributed by atoms with Crippen molar-refractivity contribution in [2.24, 2.45) is 5.92 Å². The summed E-state index contributed by atoms with van der Waals surface area (Å²) in [4.78, 5) is 170. The minimum absolute atomic E-state index is 0.00441. The fourth-order valence-electron chi connectivity index (χ4n) is 12.5. The van der Waals surface area contributed by atoms with E-state index in [0.717, 1.165) is 77.0 Å². The van der Waals surface area contributed by atoms with Gasteiger partial charge in [-0.2, -0.15) is 0 Å². The van der Waals surface area contributed by atoms with Crippen LogP contribution in [0.25, 0.3) is 0 Å². The van der Waals surface area contributed by atoms with Crippen LogP contribution in [0.2, 0.25) is 0 Å². The maximum Gasteiger partial charge on any atom is 0.407 e. The number of alkyl carbamates (subject to hydrolysis) is 1. The average molecular weight is 1760 g/mol. The number of Topliss-reactive ketones (excluding diaryl/α,β-unsaturated/α-hetero) is 4. The van der Waals surface area contributed by atoms with E-state index in [-0.39, 0.29) is 233 Å². The molecule has 36 nitrogen and oxygen atoms in total. The summed E-state index contributed by atoms with van der Waals surface area (Å²) >= 11 is 0. The van der Waals surface area contributed by atoms with Gasteiger partial charge in [0.2, 0.25) is 29.5 Å². The number of aliphatic hydroxyl groups excluding tert-OH is 1. The van der Waals surface area contributed by atoms with E-state index >= 15 is 0 Å². The molecule has 6 amide bonds. The van der Waals surface area contributed by atoms with Crippen LogP contribution < -0.4 is 46.7 Å². The summed E-state index contributed by atoms with van der Waals surface area (Å²) in [6, 6.07) is 9.72. The van der Waals surface area contributed by atoms with Crippen molar-refractivity contribution in [2.45, 2.75) is 250 Å². The number of ketones is 4. The molecule has 0 fully saturated rings. The molecular weight excluding hydrogens is 1620 g/mol. The Bertz CT molecular complexity index is 3330. The SMILES string of the molecule is CC(C)N[C@@H](CCCCNC(=O)OCCCOCCCC(=O)COCCOCCNC(=O)CC[C@H](NC(=O)CCCCCCCCCOc1ccc(C(=O)O)cc1)C(=O)O)C(=O)CC[C@@H](CCCCNC(=O)COCCOCCNC(=O)COCCOCCCC(=O)CC[C@H](NC(=O)CCCCCCCCCOc1ccc(C(=O)O)cc1)C(=O)O)C(=O)CO. The molecule has 36 heteroatoms. The minimum Gasteiger partial charge on any atom is -0.494 e. The molecular formula is C88H141N7O29. The first-order chi connectivity index (χ1) is 59.9. The van der Waals surface area contributed by atoms with Crippen LogP contribution >= 0.6 is 0 Å². The van der Waals surface area contributed by atoms with E-state index in [1.807, 2.05) is 13.8 Å². The highest BCUT2D eigenvalue weighted by Gasteiger charge is 2.26. The smallest absolute Gasteiger partial charge is 0.407 e. The molecule has 0 aromatic heterocycles. The number of benzene rings is 2. The van der Waals surface area contributed by atoms with Gasteiger partial charge in [-0.1, -0.05) is 84.5 Å². The van der Waals surface area contributed by atoms with Gasteiger partial charge >= 0.3 is 30.0 Å². The van der Waals surface area contributed by atoms with Gasteiger partial charge in [0.1, 0.15) is 61.6 Å². The molecule has 0 heterocycles. The highest BCUT2D eigenvalue weighted by Crippen LogP contribution is 2.21. The van der Waals surface area contributed by atoms with Crippen LogP contribution in [0.3, 0.4) is 0 Å². The molecule has 12 N–H and O–H groups in total. The average Bonchev–Trinajstić information content (AvgIpc) is 0.901. The van der Waals surface area contributed by atoms with Crippen LogP contribution in [0.4, 0.5) is 4.79 Å².